The molecular weight excluding hydrogens is 681 g/mol. The van der Waals surface area contributed by atoms with Crippen LogP contribution in [-0.2, 0) is 0 Å². The van der Waals surface area contributed by atoms with Crippen molar-refractivity contribution in [3.63, 3.8) is 0 Å². The summed E-state index contributed by atoms with van der Waals surface area (Å²) in [5, 5.41) is 4.54. The van der Waals surface area contributed by atoms with Gasteiger partial charge in [-0.2, -0.15) is 0 Å². The molecule has 0 aliphatic rings. The topological polar surface area (TPSA) is 42.4 Å². The molecule has 0 atom stereocenters. The van der Waals surface area contributed by atoms with Gasteiger partial charge >= 0.3 is 0 Å². The lowest BCUT2D eigenvalue weighted by Crippen LogP contribution is -2.09. The van der Waals surface area contributed by atoms with Crippen LogP contribution < -0.4 is 4.90 Å². The average molecular weight is 711 g/mol. The molecule has 0 fully saturated rings. The molecule has 0 saturated carbocycles. The fourth-order valence-corrected chi connectivity index (χ4v) is 8.76. The summed E-state index contributed by atoms with van der Waals surface area (Å²) in [5.41, 5.74) is 12.0. The van der Waals surface area contributed by atoms with Crippen LogP contribution in [0.15, 0.2) is 191 Å². The Labute approximate surface area is 314 Å². The summed E-state index contributed by atoms with van der Waals surface area (Å²) >= 11 is 1.84. The molecule has 0 unspecified atom stereocenters. The van der Waals surface area contributed by atoms with Crippen molar-refractivity contribution < 1.29 is 8.83 Å². The molecule has 8 aromatic carbocycles. The number of hydrogen-bond acceptors (Lipinski definition) is 5. The van der Waals surface area contributed by atoms with Crippen LogP contribution in [0.1, 0.15) is 0 Å². The van der Waals surface area contributed by atoms with E-state index in [0.29, 0.717) is 5.89 Å². The summed E-state index contributed by atoms with van der Waals surface area (Å²) in [5.74, 6) is 0.602. The van der Waals surface area contributed by atoms with Gasteiger partial charge in [-0.25, -0.2) is 4.98 Å². The van der Waals surface area contributed by atoms with Crippen molar-refractivity contribution in [1.82, 2.24) is 4.98 Å². The summed E-state index contributed by atoms with van der Waals surface area (Å²) in [6.45, 7) is 0. The minimum absolute atomic E-state index is 0.602. The first kappa shape index (κ1) is 30.7. The van der Waals surface area contributed by atoms with Crippen LogP contribution >= 0.6 is 11.3 Å². The molecular formula is C49H30N2O2S. The van der Waals surface area contributed by atoms with Crippen LogP contribution in [0.2, 0.25) is 0 Å². The number of nitrogens with zero attached hydrogens (tertiary/aromatic N) is 2. The second kappa shape index (κ2) is 12.3. The van der Waals surface area contributed by atoms with Crippen LogP contribution in [0, 0.1) is 0 Å². The van der Waals surface area contributed by atoms with E-state index < -0.39 is 0 Å². The maximum atomic E-state index is 6.32. The van der Waals surface area contributed by atoms with Crippen LogP contribution in [-0.4, -0.2) is 4.98 Å². The Balaban J connectivity index is 1.01. The SMILES string of the molecule is c1ccc(-c2ccc(N(c3ccc(-c4ccc5oc6ccc7oc(-c8ccccc8)nc7c6c5c4)cc3)c3ccc4sc5ccccc5c4c3)cc2)cc1. The molecule has 0 amide bonds. The second-order valence-electron chi connectivity index (χ2n) is 13.6. The van der Waals surface area contributed by atoms with Crippen LogP contribution in [0.4, 0.5) is 17.1 Å². The zero-order valence-corrected chi connectivity index (χ0v) is 29.8. The average Bonchev–Trinajstić information content (AvgIpc) is 3.95. The van der Waals surface area contributed by atoms with Gasteiger partial charge in [0.2, 0.25) is 5.89 Å². The number of furan rings is 1. The highest BCUT2D eigenvalue weighted by Crippen LogP contribution is 2.42. The molecule has 54 heavy (non-hydrogen) atoms. The first-order valence-electron chi connectivity index (χ1n) is 18.0. The second-order valence-corrected chi connectivity index (χ2v) is 14.6. The van der Waals surface area contributed by atoms with Crippen LogP contribution in [0.3, 0.4) is 0 Å². The predicted molar refractivity (Wildman–Crippen MR) is 225 cm³/mol. The third-order valence-electron chi connectivity index (χ3n) is 10.3. The van der Waals surface area contributed by atoms with Crippen molar-refractivity contribution in [2.45, 2.75) is 0 Å². The Morgan fingerprint density at radius 2 is 0.963 bits per heavy atom. The Hall–Kier alpha value is -6.95. The highest BCUT2D eigenvalue weighted by Gasteiger charge is 2.19. The van der Waals surface area contributed by atoms with E-state index >= 15 is 0 Å². The van der Waals surface area contributed by atoms with Gasteiger partial charge in [0.25, 0.3) is 0 Å². The van der Waals surface area contributed by atoms with Crippen molar-refractivity contribution in [3.05, 3.63) is 182 Å². The van der Waals surface area contributed by atoms with Crippen molar-refractivity contribution in [2.24, 2.45) is 0 Å². The lowest BCUT2D eigenvalue weighted by Gasteiger charge is -2.26. The monoisotopic (exact) mass is 710 g/mol. The minimum atomic E-state index is 0.602. The maximum Gasteiger partial charge on any atom is 0.227 e. The van der Waals surface area contributed by atoms with Crippen molar-refractivity contribution in [2.75, 3.05) is 4.90 Å². The summed E-state index contributed by atoms with van der Waals surface area (Å²) in [4.78, 5) is 7.30. The van der Waals surface area contributed by atoms with E-state index in [1.165, 1.54) is 31.3 Å². The van der Waals surface area contributed by atoms with Gasteiger partial charge in [0.15, 0.2) is 5.58 Å². The molecule has 0 bridgehead atoms. The first-order chi connectivity index (χ1) is 26.7. The third kappa shape index (κ3) is 5.09. The normalized spacial score (nSPS) is 11.7. The molecule has 11 aromatic rings. The van der Waals surface area contributed by atoms with Gasteiger partial charge in [0, 0.05) is 48.2 Å². The van der Waals surface area contributed by atoms with Gasteiger partial charge in [-0.05, 0) is 107 Å². The molecule has 0 aliphatic carbocycles. The fourth-order valence-electron chi connectivity index (χ4n) is 7.67. The van der Waals surface area contributed by atoms with Gasteiger partial charge in [0.1, 0.15) is 16.7 Å². The van der Waals surface area contributed by atoms with E-state index in [1.807, 2.05) is 53.8 Å². The lowest BCUT2D eigenvalue weighted by molar-refractivity contribution is 0.619. The number of thiophene rings is 1. The molecule has 254 valence electrons. The number of aromatic nitrogens is 1. The highest BCUT2D eigenvalue weighted by atomic mass is 32.1. The molecule has 0 N–H and O–H groups in total. The quantitative estimate of drug-likeness (QED) is 0.172. The largest absolute Gasteiger partial charge is 0.456 e. The van der Waals surface area contributed by atoms with E-state index in [9.17, 15) is 0 Å². The molecule has 4 nitrogen and oxygen atoms in total. The van der Waals surface area contributed by atoms with Crippen LogP contribution in [0.25, 0.3) is 86.9 Å². The van der Waals surface area contributed by atoms with E-state index in [-0.39, 0.29) is 0 Å². The van der Waals surface area contributed by atoms with Gasteiger partial charge in [-0.3, -0.25) is 0 Å². The number of hydrogen-bond donors (Lipinski definition) is 0. The van der Waals surface area contributed by atoms with Gasteiger partial charge < -0.3 is 13.7 Å². The van der Waals surface area contributed by atoms with Crippen molar-refractivity contribution >= 4 is 81.6 Å². The van der Waals surface area contributed by atoms with E-state index in [0.717, 1.165) is 66.8 Å². The Kier molecular flexibility index (Phi) is 7.00. The van der Waals surface area contributed by atoms with Crippen molar-refractivity contribution in [1.29, 1.82) is 0 Å². The van der Waals surface area contributed by atoms with E-state index in [1.54, 1.807) is 0 Å². The lowest BCUT2D eigenvalue weighted by atomic mass is 10.0. The standard InChI is InChI=1S/C49H30N2O2S/c1-3-9-31(10-4-1)32-15-20-36(21-16-32)51(38-24-28-46-40(30-38)39-13-7-8-14-45(39)54-46)37-22-17-33(18-23-37)35-19-25-42-41(29-35)47-43(52-42)26-27-44-48(47)50-49(53-44)34-11-5-2-6-12-34/h1-30H. The summed E-state index contributed by atoms with van der Waals surface area (Å²) in [7, 11) is 0. The molecule has 3 heterocycles. The molecule has 0 radical (unpaired) electrons. The molecule has 3 aromatic heterocycles. The molecule has 0 spiro atoms. The molecule has 5 heteroatoms. The number of rotatable bonds is 6. The van der Waals surface area contributed by atoms with Gasteiger partial charge in [-0.15, -0.1) is 11.3 Å². The Morgan fingerprint density at radius 1 is 0.389 bits per heavy atom. The minimum Gasteiger partial charge on any atom is -0.456 e. The van der Waals surface area contributed by atoms with Gasteiger partial charge in [-0.1, -0.05) is 97.1 Å². The molecule has 0 aliphatic heterocycles. The van der Waals surface area contributed by atoms with Gasteiger partial charge in [0.05, 0.1) is 5.39 Å². The summed E-state index contributed by atoms with van der Waals surface area (Å²) in [6.07, 6.45) is 0. The number of anilines is 3. The Morgan fingerprint density at radius 3 is 1.72 bits per heavy atom. The molecule has 0 saturated heterocycles. The number of fused-ring (bicyclic) bond motifs is 8. The zero-order chi connectivity index (χ0) is 35.6. The first-order valence-corrected chi connectivity index (χ1v) is 18.8. The number of benzene rings is 8. The van der Waals surface area contributed by atoms with Crippen LogP contribution in [0.5, 0.6) is 0 Å². The van der Waals surface area contributed by atoms with E-state index in [4.69, 9.17) is 13.8 Å². The van der Waals surface area contributed by atoms with Crippen molar-refractivity contribution in [3.8, 4) is 33.7 Å². The summed E-state index contributed by atoms with van der Waals surface area (Å²) < 4.78 is 15.1. The smallest absolute Gasteiger partial charge is 0.227 e. The Bertz CT molecular complexity index is 3140. The predicted octanol–water partition coefficient (Wildman–Crippen LogP) is 14.6. The summed E-state index contributed by atoms with van der Waals surface area (Å²) in [6, 6.07) is 64.1. The fraction of sp³-hybridized carbons (Fsp3) is 0. The zero-order valence-electron chi connectivity index (χ0n) is 28.9. The third-order valence-corrected chi connectivity index (χ3v) is 11.5. The highest BCUT2D eigenvalue weighted by molar-refractivity contribution is 7.25. The molecule has 11 rings (SSSR count). The number of oxazole rings is 1. The maximum absolute atomic E-state index is 6.32. The van der Waals surface area contributed by atoms with E-state index in [2.05, 4.69) is 144 Å².